The maximum atomic E-state index is 12.8. The first-order valence-corrected chi connectivity index (χ1v) is 14.9. The first-order valence-electron chi connectivity index (χ1n) is 14.9. The number of hydrogen-bond donors (Lipinski definition) is 2. The Labute approximate surface area is 267 Å². The highest BCUT2D eigenvalue weighted by Crippen LogP contribution is 2.28. The maximum Gasteiger partial charge on any atom is 0.408 e. The molecule has 2 N–H and O–H groups in total. The lowest BCUT2D eigenvalue weighted by molar-refractivity contribution is -0.143. The SMILES string of the molecule is COC(=O)[C@H](Cc1cn(-n2cc(C[C@H](NC(=O)OC(C)(C)C)C(=O)OC)c3ccccc32)c2ccccc12)NC(=O)OC(C)(C)C. The van der Waals surface area contributed by atoms with Crippen LogP contribution in [0.25, 0.3) is 21.8 Å². The Morgan fingerprint density at radius 2 is 0.978 bits per heavy atom. The van der Waals surface area contributed by atoms with Crippen LogP contribution < -0.4 is 10.6 Å². The van der Waals surface area contributed by atoms with Crippen LogP contribution in [0.1, 0.15) is 52.7 Å². The summed E-state index contributed by atoms with van der Waals surface area (Å²) in [5.41, 5.74) is 1.73. The summed E-state index contributed by atoms with van der Waals surface area (Å²) in [6.45, 7) is 10.4. The minimum atomic E-state index is -1.00. The van der Waals surface area contributed by atoms with Gasteiger partial charge in [0, 0.05) is 36.0 Å². The molecule has 0 unspecified atom stereocenters. The number of esters is 2. The Bertz CT molecular complexity index is 1610. The molecular formula is C34H42N4O8. The zero-order valence-electron chi connectivity index (χ0n) is 27.5. The van der Waals surface area contributed by atoms with Crippen LogP contribution in [0, 0.1) is 0 Å². The Morgan fingerprint density at radius 1 is 0.630 bits per heavy atom. The summed E-state index contributed by atoms with van der Waals surface area (Å²) in [4.78, 5) is 50.7. The molecule has 4 aromatic rings. The van der Waals surface area contributed by atoms with Gasteiger partial charge in [0.1, 0.15) is 23.3 Å². The van der Waals surface area contributed by atoms with Gasteiger partial charge in [-0.1, -0.05) is 36.4 Å². The van der Waals surface area contributed by atoms with E-state index in [0.717, 1.165) is 32.9 Å². The molecule has 0 spiro atoms. The number of methoxy groups -OCH3 is 2. The van der Waals surface area contributed by atoms with E-state index in [0.29, 0.717) is 0 Å². The molecule has 46 heavy (non-hydrogen) atoms. The van der Waals surface area contributed by atoms with Crippen molar-refractivity contribution in [2.45, 2.75) is 77.7 Å². The van der Waals surface area contributed by atoms with E-state index in [-0.39, 0.29) is 12.8 Å². The maximum absolute atomic E-state index is 12.8. The van der Waals surface area contributed by atoms with Gasteiger partial charge in [0.05, 0.1) is 25.3 Å². The minimum absolute atomic E-state index is 0.135. The topological polar surface area (TPSA) is 139 Å². The van der Waals surface area contributed by atoms with Crippen molar-refractivity contribution in [3.05, 3.63) is 72.1 Å². The summed E-state index contributed by atoms with van der Waals surface area (Å²) in [5.74, 6) is -1.22. The first-order chi connectivity index (χ1) is 21.6. The molecule has 12 nitrogen and oxygen atoms in total. The van der Waals surface area contributed by atoms with E-state index in [1.54, 1.807) is 41.5 Å². The van der Waals surface area contributed by atoms with E-state index in [2.05, 4.69) is 10.6 Å². The van der Waals surface area contributed by atoms with Crippen LogP contribution in [0.5, 0.6) is 0 Å². The number of rotatable bonds is 9. The van der Waals surface area contributed by atoms with Gasteiger partial charge >= 0.3 is 24.1 Å². The van der Waals surface area contributed by atoms with E-state index < -0.39 is 47.4 Å². The van der Waals surface area contributed by atoms with Crippen molar-refractivity contribution < 1.29 is 38.1 Å². The summed E-state index contributed by atoms with van der Waals surface area (Å²) in [5, 5.41) is 7.02. The summed E-state index contributed by atoms with van der Waals surface area (Å²) < 4.78 is 24.6. The second kappa shape index (κ2) is 13.6. The number of ether oxygens (including phenoxy) is 4. The number of alkyl carbamates (subject to hydrolysis) is 2. The number of carbonyl (C=O) groups excluding carboxylic acids is 4. The van der Waals surface area contributed by atoms with Crippen LogP contribution in [-0.4, -0.2) is 71.0 Å². The highest BCUT2D eigenvalue weighted by molar-refractivity contribution is 5.89. The fourth-order valence-electron chi connectivity index (χ4n) is 5.16. The predicted octanol–water partition coefficient (Wildman–Crippen LogP) is 5.13. The average molecular weight is 635 g/mol. The van der Waals surface area contributed by atoms with Gasteiger partial charge < -0.3 is 29.6 Å². The summed E-state index contributed by atoms with van der Waals surface area (Å²) in [6, 6.07) is 13.4. The molecule has 0 saturated heterocycles. The van der Waals surface area contributed by atoms with Crippen molar-refractivity contribution in [1.29, 1.82) is 0 Å². The van der Waals surface area contributed by atoms with Gasteiger partial charge in [-0.15, -0.1) is 0 Å². The fourth-order valence-corrected chi connectivity index (χ4v) is 5.16. The van der Waals surface area contributed by atoms with E-state index in [4.69, 9.17) is 18.9 Å². The van der Waals surface area contributed by atoms with Gasteiger partial charge in [-0.2, -0.15) is 0 Å². The monoisotopic (exact) mass is 634 g/mol. The number of hydrogen-bond acceptors (Lipinski definition) is 8. The second-order valence-corrected chi connectivity index (χ2v) is 12.9. The van der Waals surface area contributed by atoms with E-state index in [9.17, 15) is 19.2 Å². The molecule has 2 atom stereocenters. The Morgan fingerprint density at radius 3 is 1.30 bits per heavy atom. The summed E-state index contributed by atoms with van der Waals surface area (Å²) >= 11 is 0. The molecule has 0 aliphatic carbocycles. The second-order valence-electron chi connectivity index (χ2n) is 12.9. The molecule has 0 radical (unpaired) electrons. The van der Waals surface area contributed by atoms with Gasteiger partial charge in [-0.05, 0) is 64.8 Å². The molecule has 4 rings (SSSR count). The van der Waals surface area contributed by atoms with E-state index >= 15 is 0 Å². The summed E-state index contributed by atoms with van der Waals surface area (Å²) in [7, 11) is 2.53. The smallest absolute Gasteiger partial charge is 0.408 e. The van der Waals surface area contributed by atoms with E-state index in [1.165, 1.54) is 14.2 Å². The number of nitrogens with one attached hydrogen (secondary N) is 2. The van der Waals surface area contributed by atoms with Crippen molar-refractivity contribution in [3.63, 3.8) is 0 Å². The molecule has 2 aromatic heterocycles. The molecule has 0 aliphatic heterocycles. The normalized spacial score (nSPS) is 13.1. The first kappa shape index (κ1) is 33.9. The lowest BCUT2D eigenvalue weighted by Crippen LogP contribution is -2.45. The van der Waals surface area contributed by atoms with Crippen LogP contribution in [0.15, 0.2) is 60.9 Å². The lowest BCUT2D eigenvalue weighted by atomic mass is 10.1. The third kappa shape index (κ3) is 8.17. The molecule has 0 fully saturated rings. The van der Waals surface area contributed by atoms with Crippen molar-refractivity contribution in [2.75, 3.05) is 14.2 Å². The number of nitrogens with zero attached hydrogens (tertiary/aromatic N) is 2. The molecule has 2 heterocycles. The number of aromatic nitrogens is 2. The number of carbonyl (C=O) groups is 4. The van der Waals surface area contributed by atoms with Crippen LogP contribution in [0.2, 0.25) is 0 Å². The standard InChI is InChI=1S/C34H42N4O8/c1-33(2,3)45-31(41)35-25(29(39)43-7)17-21-19-37(27-15-11-9-13-23(21)27)38-20-22(24-14-10-12-16-28(24)38)18-26(30(40)44-8)36-32(42)46-34(4,5)6/h9-16,19-20,25-26H,17-18H2,1-8H3,(H,35,41)(H,36,42)/t25-,26-/m0/s1. The minimum Gasteiger partial charge on any atom is -0.467 e. The molecule has 246 valence electrons. The van der Waals surface area contributed by atoms with Crippen molar-refractivity contribution in [3.8, 4) is 0 Å². The molecule has 0 saturated carbocycles. The Hall–Kier alpha value is -5.00. The Balaban J connectivity index is 1.74. The Kier molecular flexibility index (Phi) is 9.98. The van der Waals surface area contributed by atoms with Gasteiger partial charge in [-0.3, -0.25) is 9.35 Å². The van der Waals surface area contributed by atoms with E-state index in [1.807, 2.05) is 70.3 Å². The highest BCUT2D eigenvalue weighted by Gasteiger charge is 2.29. The van der Waals surface area contributed by atoms with Crippen LogP contribution in [-0.2, 0) is 41.4 Å². The molecule has 0 aliphatic rings. The lowest BCUT2D eigenvalue weighted by Gasteiger charge is -2.22. The third-order valence-electron chi connectivity index (χ3n) is 6.98. The van der Waals surface area contributed by atoms with Gasteiger partial charge in [0.15, 0.2) is 0 Å². The predicted molar refractivity (Wildman–Crippen MR) is 172 cm³/mol. The third-order valence-corrected chi connectivity index (χ3v) is 6.98. The van der Waals surface area contributed by atoms with Gasteiger partial charge in [0.2, 0.25) is 0 Å². The van der Waals surface area contributed by atoms with Crippen molar-refractivity contribution in [2.24, 2.45) is 0 Å². The molecule has 0 bridgehead atoms. The zero-order chi connectivity index (χ0) is 33.8. The molecule has 2 aromatic carbocycles. The van der Waals surface area contributed by atoms with Crippen molar-refractivity contribution in [1.82, 2.24) is 20.0 Å². The number of amides is 2. The van der Waals surface area contributed by atoms with Crippen LogP contribution in [0.4, 0.5) is 9.59 Å². The van der Waals surface area contributed by atoms with Gasteiger partial charge in [-0.25, -0.2) is 19.2 Å². The summed E-state index contributed by atoms with van der Waals surface area (Å²) in [6.07, 6.45) is 2.60. The number of fused-ring (bicyclic) bond motifs is 2. The van der Waals surface area contributed by atoms with Crippen LogP contribution >= 0.6 is 0 Å². The zero-order valence-corrected chi connectivity index (χ0v) is 27.5. The number of benzene rings is 2. The highest BCUT2D eigenvalue weighted by atomic mass is 16.6. The molecule has 12 heteroatoms. The molecular weight excluding hydrogens is 592 g/mol. The number of para-hydroxylation sites is 2. The molecule has 2 amide bonds. The van der Waals surface area contributed by atoms with Crippen LogP contribution in [0.3, 0.4) is 0 Å². The van der Waals surface area contributed by atoms with Gasteiger partial charge in [0.25, 0.3) is 0 Å². The quantitative estimate of drug-likeness (QED) is 0.191. The average Bonchev–Trinajstić information content (AvgIpc) is 3.52. The largest absolute Gasteiger partial charge is 0.467 e. The fraction of sp³-hybridized carbons (Fsp3) is 0.412. The van der Waals surface area contributed by atoms with Crippen molar-refractivity contribution >= 4 is 45.9 Å².